The highest BCUT2D eigenvalue weighted by Gasteiger charge is 2.36. The van der Waals surface area contributed by atoms with Crippen molar-refractivity contribution in [3.63, 3.8) is 0 Å². The molecule has 0 saturated heterocycles. The van der Waals surface area contributed by atoms with Crippen LogP contribution in [0.2, 0.25) is 0 Å². The van der Waals surface area contributed by atoms with E-state index in [1.54, 1.807) is 61.5 Å². The number of aryl methyl sites for hydroxylation is 1. The minimum atomic E-state index is -0.503. The summed E-state index contributed by atoms with van der Waals surface area (Å²) in [6, 6.07) is 16.0. The summed E-state index contributed by atoms with van der Waals surface area (Å²) in [5, 5.41) is 2.66. The summed E-state index contributed by atoms with van der Waals surface area (Å²) in [4.78, 5) is 54.6. The molecule has 0 atom stereocenters. The van der Waals surface area contributed by atoms with Crippen LogP contribution in [0.3, 0.4) is 0 Å². The number of fused-ring (bicyclic) bond motifs is 2. The maximum Gasteiger partial charge on any atom is 0.287 e. The van der Waals surface area contributed by atoms with E-state index in [9.17, 15) is 19.2 Å². The van der Waals surface area contributed by atoms with E-state index in [1.165, 1.54) is 6.07 Å². The van der Waals surface area contributed by atoms with Crippen molar-refractivity contribution in [1.29, 1.82) is 0 Å². The lowest BCUT2D eigenvalue weighted by Crippen LogP contribution is -2.37. The predicted molar refractivity (Wildman–Crippen MR) is 120 cm³/mol. The number of carbonyl (C=O) groups is 3. The molecule has 10 heteroatoms. The SMILES string of the molecule is Cc1cc2nc(COc3ccc(NC(=O)CN4C(=O)c5ccccc5C4=O)cc3)cc(=O)n2o1. The van der Waals surface area contributed by atoms with Crippen LogP contribution in [-0.2, 0) is 11.4 Å². The van der Waals surface area contributed by atoms with Gasteiger partial charge in [0.15, 0.2) is 5.65 Å². The van der Waals surface area contributed by atoms with Gasteiger partial charge in [-0.15, -0.1) is 4.57 Å². The number of carbonyl (C=O) groups excluding carboxylic acids is 3. The third-order valence-corrected chi connectivity index (χ3v) is 5.23. The molecule has 3 amide bonds. The van der Waals surface area contributed by atoms with E-state index in [2.05, 4.69) is 10.3 Å². The van der Waals surface area contributed by atoms with Crippen LogP contribution < -0.4 is 15.6 Å². The molecule has 0 saturated carbocycles. The minimum absolute atomic E-state index is 0.0708. The van der Waals surface area contributed by atoms with Gasteiger partial charge in [0, 0.05) is 17.8 Å². The first-order chi connectivity index (χ1) is 16.4. The number of amides is 3. The monoisotopic (exact) mass is 458 g/mol. The Labute approximate surface area is 192 Å². The molecule has 34 heavy (non-hydrogen) atoms. The van der Waals surface area contributed by atoms with Crippen LogP contribution in [0.15, 0.2) is 70.0 Å². The fraction of sp³-hybridized carbons (Fsp3) is 0.125. The first kappa shape index (κ1) is 21.1. The van der Waals surface area contributed by atoms with E-state index in [4.69, 9.17) is 9.26 Å². The highest BCUT2D eigenvalue weighted by atomic mass is 16.5. The molecule has 170 valence electrons. The van der Waals surface area contributed by atoms with Crippen molar-refractivity contribution in [3.8, 4) is 5.75 Å². The van der Waals surface area contributed by atoms with E-state index < -0.39 is 17.7 Å². The summed E-state index contributed by atoms with van der Waals surface area (Å²) in [5.41, 5.74) is 1.57. The van der Waals surface area contributed by atoms with Gasteiger partial charge in [-0.3, -0.25) is 24.1 Å². The number of imide groups is 1. The van der Waals surface area contributed by atoms with Gasteiger partial charge in [-0.1, -0.05) is 12.1 Å². The van der Waals surface area contributed by atoms with Crippen LogP contribution in [0, 0.1) is 6.92 Å². The van der Waals surface area contributed by atoms with Crippen molar-refractivity contribution in [2.75, 3.05) is 11.9 Å². The van der Waals surface area contributed by atoms with Crippen LogP contribution >= 0.6 is 0 Å². The Kier molecular flexibility index (Phi) is 5.17. The lowest BCUT2D eigenvalue weighted by molar-refractivity contribution is -0.116. The summed E-state index contributed by atoms with van der Waals surface area (Å²) in [6.45, 7) is 1.41. The van der Waals surface area contributed by atoms with Crippen LogP contribution in [0.5, 0.6) is 5.75 Å². The van der Waals surface area contributed by atoms with Gasteiger partial charge in [0.2, 0.25) is 5.91 Å². The van der Waals surface area contributed by atoms with Crippen molar-refractivity contribution in [1.82, 2.24) is 14.5 Å². The summed E-state index contributed by atoms with van der Waals surface area (Å²) in [5.74, 6) is -0.406. The number of rotatable bonds is 6. The van der Waals surface area contributed by atoms with Gasteiger partial charge in [0.25, 0.3) is 17.4 Å². The molecule has 1 aliphatic heterocycles. The van der Waals surface area contributed by atoms with Crippen LogP contribution in [-0.4, -0.2) is 38.7 Å². The van der Waals surface area contributed by atoms with E-state index in [-0.39, 0.29) is 18.7 Å². The van der Waals surface area contributed by atoms with E-state index in [0.717, 1.165) is 9.47 Å². The summed E-state index contributed by atoms with van der Waals surface area (Å²) < 4.78 is 12.0. The number of ether oxygens (including phenoxy) is 1. The molecule has 3 heterocycles. The number of hydrogen-bond donors (Lipinski definition) is 1. The topological polar surface area (TPSA) is 123 Å². The molecule has 0 fully saturated rings. The molecule has 1 aliphatic rings. The quantitative estimate of drug-likeness (QED) is 0.440. The number of benzene rings is 2. The smallest absolute Gasteiger partial charge is 0.287 e. The number of hydrogen-bond acceptors (Lipinski definition) is 7. The van der Waals surface area contributed by atoms with Gasteiger partial charge in [0.1, 0.15) is 24.7 Å². The molecule has 0 bridgehead atoms. The van der Waals surface area contributed by atoms with Crippen molar-refractivity contribution < 1.29 is 23.6 Å². The van der Waals surface area contributed by atoms with Crippen LogP contribution in [0.4, 0.5) is 5.69 Å². The van der Waals surface area contributed by atoms with E-state index >= 15 is 0 Å². The minimum Gasteiger partial charge on any atom is -0.487 e. The summed E-state index contributed by atoms with van der Waals surface area (Å²) in [6.07, 6.45) is 0. The maximum absolute atomic E-state index is 12.4. The second-order valence-electron chi connectivity index (χ2n) is 7.69. The first-order valence-corrected chi connectivity index (χ1v) is 10.4. The Morgan fingerprint density at radius 1 is 1.00 bits per heavy atom. The zero-order valence-corrected chi connectivity index (χ0v) is 18.0. The molecular weight excluding hydrogens is 440 g/mol. The Morgan fingerprint density at radius 2 is 1.68 bits per heavy atom. The fourth-order valence-electron chi connectivity index (χ4n) is 3.67. The lowest BCUT2D eigenvalue weighted by Gasteiger charge is -2.14. The van der Waals surface area contributed by atoms with Crippen molar-refractivity contribution in [2.45, 2.75) is 13.5 Å². The van der Waals surface area contributed by atoms with E-state index in [0.29, 0.717) is 39.7 Å². The number of aromatic nitrogens is 2. The number of nitrogens with zero attached hydrogens (tertiary/aromatic N) is 3. The molecule has 4 aromatic rings. The number of nitrogens with one attached hydrogen (secondary N) is 1. The Balaban J connectivity index is 1.19. The second-order valence-corrected chi connectivity index (χ2v) is 7.69. The zero-order valence-electron chi connectivity index (χ0n) is 18.0. The maximum atomic E-state index is 12.4. The number of anilines is 1. The molecule has 2 aromatic heterocycles. The average Bonchev–Trinajstić information content (AvgIpc) is 3.32. The summed E-state index contributed by atoms with van der Waals surface area (Å²) >= 11 is 0. The standard InChI is InChI=1S/C24H18N4O6/c1-14-10-20-25-16(11-22(30)28(20)34-14)13-33-17-8-6-15(7-9-17)26-21(29)12-27-23(31)18-4-2-3-5-19(18)24(27)32/h2-11H,12-13H2,1H3,(H,26,29). The normalized spacial score (nSPS) is 12.8. The molecule has 5 rings (SSSR count). The molecule has 0 radical (unpaired) electrons. The highest BCUT2D eigenvalue weighted by Crippen LogP contribution is 2.22. The third-order valence-electron chi connectivity index (χ3n) is 5.23. The molecule has 0 spiro atoms. The van der Waals surface area contributed by atoms with Gasteiger partial charge < -0.3 is 14.6 Å². The highest BCUT2D eigenvalue weighted by molar-refractivity contribution is 6.22. The fourth-order valence-corrected chi connectivity index (χ4v) is 3.67. The third kappa shape index (κ3) is 3.92. The van der Waals surface area contributed by atoms with Crippen LogP contribution in [0.25, 0.3) is 5.65 Å². The van der Waals surface area contributed by atoms with Gasteiger partial charge in [-0.2, -0.15) is 0 Å². The molecule has 0 aliphatic carbocycles. The Morgan fingerprint density at radius 3 is 2.35 bits per heavy atom. The Bertz CT molecular complexity index is 1470. The molecule has 10 nitrogen and oxygen atoms in total. The second kappa shape index (κ2) is 8.32. The lowest BCUT2D eigenvalue weighted by atomic mass is 10.1. The van der Waals surface area contributed by atoms with Crippen LogP contribution in [0.1, 0.15) is 32.2 Å². The molecule has 1 N–H and O–H groups in total. The Hall–Kier alpha value is -4.73. The van der Waals surface area contributed by atoms with E-state index in [1.807, 2.05) is 0 Å². The molecular formula is C24H18N4O6. The molecule has 2 aromatic carbocycles. The average molecular weight is 458 g/mol. The van der Waals surface area contributed by atoms with Crippen molar-refractivity contribution >= 4 is 29.1 Å². The van der Waals surface area contributed by atoms with Crippen molar-refractivity contribution in [3.05, 3.63) is 93.6 Å². The zero-order chi connectivity index (χ0) is 23.8. The molecule has 0 unspecified atom stereocenters. The predicted octanol–water partition coefficient (Wildman–Crippen LogP) is 2.41. The van der Waals surface area contributed by atoms with Gasteiger partial charge in [0.05, 0.1) is 16.8 Å². The van der Waals surface area contributed by atoms with Gasteiger partial charge in [-0.05, 0) is 43.3 Å². The largest absolute Gasteiger partial charge is 0.487 e. The first-order valence-electron chi connectivity index (χ1n) is 10.4. The van der Waals surface area contributed by atoms with Gasteiger partial charge >= 0.3 is 0 Å². The summed E-state index contributed by atoms with van der Waals surface area (Å²) in [7, 11) is 0. The van der Waals surface area contributed by atoms with Gasteiger partial charge in [-0.25, -0.2) is 4.98 Å². The van der Waals surface area contributed by atoms with Crippen molar-refractivity contribution in [2.24, 2.45) is 0 Å².